The van der Waals surface area contributed by atoms with E-state index < -0.39 is 36.3 Å². The molecule has 6 N–H and O–H groups in total. The van der Waals surface area contributed by atoms with Gasteiger partial charge >= 0.3 is 0 Å². The van der Waals surface area contributed by atoms with Gasteiger partial charge in [-0.1, -0.05) is 43.2 Å². The second-order valence-corrected chi connectivity index (χ2v) is 10.7. The molecule has 3 rings (SSSR count). The van der Waals surface area contributed by atoms with E-state index in [9.17, 15) is 28.8 Å². The Labute approximate surface area is 240 Å². The van der Waals surface area contributed by atoms with E-state index in [0.717, 1.165) is 31.2 Å². The first-order chi connectivity index (χ1) is 19.8. The summed E-state index contributed by atoms with van der Waals surface area (Å²) >= 11 is 0. The summed E-state index contributed by atoms with van der Waals surface area (Å²) in [5.74, 6) is -2.30. The third-order valence-electron chi connectivity index (χ3n) is 7.29. The Kier molecular flexibility index (Phi) is 13.1. The molecule has 6 amide bonds. The Morgan fingerprint density at radius 3 is 2.07 bits per heavy atom. The van der Waals surface area contributed by atoms with Crippen molar-refractivity contribution in [3.8, 4) is 0 Å². The first kappa shape index (κ1) is 31.6. The molecule has 0 spiro atoms. The minimum absolute atomic E-state index is 0.0179. The lowest BCUT2D eigenvalue weighted by Crippen LogP contribution is -2.53. The molecule has 0 unspecified atom stereocenters. The van der Waals surface area contributed by atoms with Crippen LogP contribution in [0.5, 0.6) is 0 Å². The standard InChI is InChI=1S/C29H42N6O6/c36-24-13-12-22(34-25(37)17-21-10-4-5-11-21)28(40)33-19-27(39)35-23(16-20-8-2-1-3-9-20)29(41)32-18-26(38)31-15-7-6-14-30-24/h1-3,8-9,21-23H,4-7,10-19H2,(H,30,36)(H,31,38)(H,32,41)(H,33,40)(H,34,37)(H,35,39)/t22-,23+/m0/s1. The van der Waals surface area contributed by atoms with Crippen molar-refractivity contribution in [3.05, 3.63) is 35.9 Å². The van der Waals surface area contributed by atoms with E-state index in [1.807, 2.05) is 30.3 Å². The van der Waals surface area contributed by atoms with E-state index in [-0.39, 0.29) is 49.4 Å². The van der Waals surface area contributed by atoms with Crippen LogP contribution in [0, 0.1) is 5.92 Å². The van der Waals surface area contributed by atoms with Crippen LogP contribution in [-0.2, 0) is 35.2 Å². The van der Waals surface area contributed by atoms with Crippen LogP contribution in [0.2, 0.25) is 0 Å². The fourth-order valence-corrected chi connectivity index (χ4v) is 5.02. The molecule has 1 aliphatic carbocycles. The molecule has 12 nitrogen and oxygen atoms in total. The van der Waals surface area contributed by atoms with Gasteiger partial charge in [-0.3, -0.25) is 28.8 Å². The number of nitrogens with one attached hydrogen (secondary N) is 6. The van der Waals surface area contributed by atoms with Crippen LogP contribution in [-0.4, -0.2) is 73.7 Å². The average molecular weight is 571 g/mol. The molecule has 1 saturated heterocycles. The smallest absolute Gasteiger partial charge is 0.243 e. The lowest BCUT2D eigenvalue weighted by atomic mass is 10.0. The highest BCUT2D eigenvalue weighted by Crippen LogP contribution is 2.27. The summed E-state index contributed by atoms with van der Waals surface area (Å²) in [5.41, 5.74) is 0.805. The van der Waals surface area contributed by atoms with E-state index >= 15 is 0 Å². The van der Waals surface area contributed by atoms with Crippen molar-refractivity contribution < 1.29 is 28.8 Å². The Morgan fingerprint density at radius 1 is 0.732 bits per heavy atom. The number of amides is 6. The molecule has 1 saturated carbocycles. The second kappa shape index (κ2) is 17.0. The van der Waals surface area contributed by atoms with Crippen LogP contribution in [0.4, 0.5) is 0 Å². The SMILES string of the molecule is O=C1CC[C@H](NC(=O)CC2CCCC2)C(=O)NCC(=O)N[C@H](Cc2ccccc2)C(=O)NCC(=O)NCCCCN1. The van der Waals surface area contributed by atoms with Crippen LogP contribution in [0.1, 0.15) is 63.4 Å². The molecule has 0 aromatic heterocycles. The topological polar surface area (TPSA) is 175 Å². The number of carbonyl (C=O) groups excluding carboxylic acids is 6. The zero-order valence-corrected chi connectivity index (χ0v) is 23.5. The van der Waals surface area contributed by atoms with Gasteiger partial charge in [-0.15, -0.1) is 0 Å². The molecule has 0 bridgehead atoms. The summed E-state index contributed by atoms with van der Waals surface area (Å²) in [6.45, 7) is 0.0937. The van der Waals surface area contributed by atoms with Crippen LogP contribution in [0.25, 0.3) is 0 Å². The maximum absolute atomic E-state index is 13.0. The minimum Gasteiger partial charge on any atom is -0.356 e. The highest BCUT2D eigenvalue weighted by Gasteiger charge is 2.26. The fourth-order valence-electron chi connectivity index (χ4n) is 5.02. The minimum atomic E-state index is -0.981. The van der Waals surface area contributed by atoms with Crippen LogP contribution >= 0.6 is 0 Å². The van der Waals surface area contributed by atoms with E-state index in [1.54, 1.807) is 0 Å². The first-order valence-corrected chi connectivity index (χ1v) is 14.5. The van der Waals surface area contributed by atoms with Gasteiger partial charge < -0.3 is 31.9 Å². The monoisotopic (exact) mass is 570 g/mol. The van der Waals surface area contributed by atoms with Gasteiger partial charge in [0.25, 0.3) is 0 Å². The second-order valence-electron chi connectivity index (χ2n) is 10.7. The molecule has 0 radical (unpaired) electrons. The number of hydrogen-bond donors (Lipinski definition) is 6. The largest absolute Gasteiger partial charge is 0.356 e. The van der Waals surface area contributed by atoms with Crippen molar-refractivity contribution >= 4 is 35.4 Å². The third kappa shape index (κ3) is 12.0. The van der Waals surface area contributed by atoms with Gasteiger partial charge in [0.1, 0.15) is 12.1 Å². The van der Waals surface area contributed by atoms with Crippen molar-refractivity contribution in [2.75, 3.05) is 26.2 Å². The van der Waals surface area contributed by atoms with Gasteiger partial charge in [0.05, 0.1) is 13.1 Å². The zero-order valence-electron chi connectivity index (χ0n) is 23.5. The summed E-state index contributed by atoms with van der Waals surface area (Å²) in [6, 6.07) is 7.15. The summed E-state index contributed by atoms with van der Waals surface area (Å²) in [5, 5.41) is 16.0. The predicted octanol–water partition coefficient (Wildman–Crippen LogP) is -0.182. The maximum Gasteiger partial charge on any atom is 0.243 e. The summed E-state index contributed by atoms with van der Waals surface area (Å²) < 4.78 is 0. The molecule has 2 atom stereocenters. The summed E-state index contributed by atoms with van der Waals surface area (Å²) in [4.78, 5) is 75.9. The predicted molar refractivity (Wildman–Crippen MR) is 151 cm³/mol. The Bertz CT molecular complexity index is 1060. The highest BCUT2D eigenvalue weighted by molar-refractivity contribution is 5.93. The van der Waals surface area contributed by atoms with Gasteiger partial charge in [-0.05, 0) is 43.6 Å². The normalized spacial score (nSPS) is 22.9. The zero-order chi connectivity index (χ0) is 29.5. The number of hydrogen-bond acceptors (Lipinski definition) is 6. The number of carbonyl (C=O) groups is 6. The summed E-state index contributed by atoms with van der Waals surface area (Å²) in [6.07, 6.45) is 5.99. The van der Waals surface area contributed by atoms with Crippen LogP contribution < -0.4 is 31.9 Å². The quantitative estimate of drug-likeness (QED) is 0.286. The Hall–Kier alpha value is -3.96. The van der Waals surface area contributed by atoms with Gasteiger partial charge in [-0.2, -0.15) is 0 Å². The molecule has 1 heterocycles. The van der Waals surface area contributed by atoms with Crippen molar-refractivity contribution in [2.45, 2.75) is 76.3 Å². The molecule has 2 fully saturated rings. The van der Waals surface area contributed by atoms with Gasteiger partial charge in [0, 0.05) is 32.4 Å². The van der Waals surface area contributed by atoms with E-state index in [0.29, 0.717) is 32.4 Å². The molecule has 41 heavy (non-hydrogen) atoms. The maximum atomic E-state index is 13.0. The van der Waals surface area contributed by atoms with E-state index in [4.69, 9.17) is 0 Å². The molecular formula is C29H42N6O6. The molecule has 1 aliphatic heterocycles. The Balaban J connectivity index is 1.67. The molecule has 2 aliphatic rings. The third-order valence-corrected chi connectivity index (χ3v) is 7.29. The first-order valence-electron chi connectivity index (χ1n) is 14.5. The lowest BCUT2D eigenvalue weighted by molar-refractivity contribution is -0.132. The number of benzene rings is 1. The molecule has 12 heteroatoms. The average Bonchev–Trinajstić information content (AvgIpc) is 3.47. The Morgan fingerprint density at radius 2 is 1.37 bits per heavy atom. The van der Waals surface area contributed by atoms with Crippen LogP contribution in [0.3, 0.4) is 0 Å². The van der Waals surface area contributed by atoms with E-state index in [2.05, 4.69) is 31.9 Å². The lowest BCUT2D eigenvalue weighted by Gasteiger charge is -2.21. The highest BCUT2D eigenvalue weighted by atomic mass is 16.2. The van der Waals surface area contributed by atoms with E-state index in [1.165, 1.54) is 0 Å². The van der Waals surface area contributed by atoms with Crippen molar-refractivity contribution in [2.24, 2.45) is 5.92 Å². The molecule has 1 aromatic rings. The molecule has 224 valence electrons. The summed E-state index contributed by atoms with van der Waals surface area (Å²) in [7, 11) is 0. The van der Waals surface area contributed by atoms with Gasteiger partial charge in [0.15, 0.2) is 0 Å². The van der Waals surface area contributed by atoms with Crippen LogP contribution in [0.15, 0.2) is 30.3 Å². The van der Waals surface area contributed by atoms with Crippen molar-refractivity contribution in [3.63, 3.8) is 0 Å². The van der Waals surface area contributed by atoms with Crippen molar-refractivity contribution in [1.82, 2.24) is 31.9 Å². The molecule has 1 aromatic carbocycles. The van der Waals surface area contributed by atoms with Gasteiger partial charge in [-0.25, -0.2) is 0 Å². The number of rotatable bonds is 5. The fraction of sp³-hybridized carbons (Fsp3) is 0.586. The molecular weight excluding hydrogens is 528 g/mol. The van der Waals surface area contributed by atoms with Crippen molar-refractivity contribution in [1.29, 1.82) is 0 Å². The van der Waals surface area contributed by atoms with Gasteiger partial charge in [0.2, 0.25) is 35.4 Å².